The lowest BCUT2D eigenvalue weighted by Gasteiger charge is -2.10. The van der Waals surface area contributed by atoms with Gasteiger partial charge in [0.05, 0.1) is 6.61 Å². The maximum atomic E-state index is 11.3. The van der Waals surface area contributed by atoms with E-state index >= 15 is 0 Å². The predicted octanol–water partition coefficient (Wildman–Crippen LogP) is -0.269. The number of carbonyl (C=O) groups is 1. The molecule has 2 N–H and O–H groups in total. The standard InChI is InChI=1S/C9H16N4O2/c1-3-13-8(11-6-12-13)5-7(10)9(14)15-4-2/h6-7H,3-5,10H2,1-2H3. The highest BCUT2D eigenvalue weighted by Gasteiger charge is 2.17. The van der Waals surface area contributed by atoms with Crippen molar-refractivity contribution in [2.75, 3.05) is 6.61 Å². The van der Waals surface area contributed by atoms with Crippen LogP contribution in [0.15, 0.2) is 6.33 Å². The Morgan fingerprint density at radius 1 is 1.67 bits per heavy atom. The molecule has 0 radical (unpaired) electrons. The fourth-order valence-electron chi connectivity index (χ4n) is 1.24. The van der Waals surface area contributed by atoms with Crippen LogP contribution in [0.3, 0.4) is 0 Å². The number of esters is 1. The highest BCUT2D eigenvalue weighted by Crippen LogP contribution is 1.99. The van der Waals surface area contributed by atoms with E-state index < -0.39 is 12.0 Å². The Bertz CT molecular complexity index is 324. The summed E-state index contributed by atoms with van der Waals surface area (Å²) >= 11 is 0. The molecule has 6 nitrogen and oxygen atoms in total. The second kappa shape index (κ2) is 5.45. The summed E-state index contributed by atoms with van der Waals surface area (Å²) in [5.74, 6) is 0.307. The van der Waals surface area contributed by atoms with Gasteiger partial charge in [-0.15, -0.1) is 0 Å². The molecule has 0 bridgehead atoms. The van der Waals surface area contributed by atoms with E-state index in [2.05, 4.69) is 10.1 Å². The number of nitrogens with two attached hydrogens (primary N) is 1. The number of hydrogen-bond acceptors (Lipinski definition) is 5. The van der Waals surface area contributed by atoms with Crippen molar-refractivity contribution in [2.45, 2.75) is 32.9 Å². The molecular formula is C9H16N4O2. The topological polar surface area (TPSA) is 83.0 Å². The summed E-state index contributed by atoms with van der Waals surface area (Å²) in [7, 11) is 0. The molecule has 0 aliphatic heterocycles. The molecule has 6 heteroatoms. The van der Waals surface area contributed by atoms with Crippen molar-refractivity contribution in [1.82, 2.24) is 14.8 Å². The first-order valence-electron chi connectivity index (χ1n) is 4.97. The van der Waals surface area contributed by atoms with Crippen LogP contribution in [0.5, 0.6) is 0 Å². The zero-order chi connectivity index (χ0) is 11.3. The Balaban J connectivity index is 2.57. The Kier molecular flexibility index (Phi) is 4.23. The monoisotopic (exact) mass is 212 g/mol. The average molecular weight is 212 g/mol. The molecule has 0 fully saturated rings. The lowest BCUT2D eigenvalue weighted by molar-refractivity contribution is -0.144. The summed E-state index contributed by atoms with van der Waals surface area (Å²) in [6.07, 6.45) is 1.81. The van der Waals surface area contributed by atoms with Crippen LogP contribution < -0.4 is 5.73 Å². The second-order valence-corrected chi connectivity index (χ2v) is 3.05. The number of carbonyl (C=O) groups excluding carboxylic acids is 1. The molecular weight excluding hydrogens is 196 g/mol. The Morgan fingerprint density at radius 3 is 3.00 bits per heavy atom. The molecule has 1 aromatic rings. The summed E-state index contributed by atoms with van der Waals surface area (Å²) in [5, 5.41) is 3.99. The van der Waals surface area contributed by atoms with E-state index in [0.717, 1.165) is 0 Å². The molecule has 0 aliphatic rings. The first-order chi connectivity index (χ1) is 7.19. The summed E-state index contributed by atoms with van der Waals surface area (Å²) in [6, 6.07) is -0.667. The van der Waals surface area contributed by atoms with E-state index in [1.165, 1.54) is 6.33 Å². The van der Waals surface area contributed by atoms with Gasteiger partial charge in [0.15, 0.2) is 0 Å². The first kappa shape index (κ1) is 11.6. The molecule has 15 heavy (non-hydrogen) atoms. The summed E-state index contributed by atoms with van der Waals surface area (Å²) in [5.41, 5.74) is 5.66. The minimum absolute atomic E-state index is 0.340. The number of hydrogen-bond donors (Lipinski definition) is 1. The molecule has 1 heterocycles. The third-order valence-electron chi connectivity index (χ3n) is 1.99. The molecule has 0 saturated carbocycles. The minimum Gasteiger partial charge on any atom is -0.465 e. The van der Waals surface area contributed by atoms with Gasteiger partial charge in [-0.05, 0) is 13.8 Å². The van der Waals surface area contributed by atoms with E-state index in [9.17, 15) is 4.79 Å². The van der Waals surface area contributed by atoms with E-state index in [1.54, 1.807) is 11.6 Å². The van der Waals surface area contributed by atoms with Gasteiger partial charge in [-0.25, -0.2) is 4.98 Å². The molecule has 0 spiro atoms. The third kappa shape index (κ3) is 3.02. The number of rotatable bonds is 5. The minimum atomic E-state index is -0.667. The van der Waals surface area contributed by atoms with Gasteiger partial charge in [0.25, 0.3) is 0 Å². The molecule has 0 aromatic carbocycles. The zero-order valence-electron chi connectivity index (χ0n) is 9.01. The number of ether oxygens (including phenoxy) is 1. The quantitative estimate of drug-likeness (QED) is 0.679. The van der Waals surface area contributed by atoms with E-state index in [-0.39, 0.29) is 0 Å². The molecule has 1 atom stereocenters. The van der Waals surface area contributed by atoms with Crippen LogP contribution in [0.2, 0.25) is 0 Å². The number of aromatic nitrogens is 3. The SMILES string of the molecule is CCOC(=O)C(N)Cc1ncnn1CC. The van der Waals surface area contributed by atoms with Gasteiger partial charge in [-0.2, -0.15) is 5.10 Å². The van der Waals surface area contributed by atoms with E-state index in [4.69, 9.17) is 10.5 Å². The van der Waals surface area contributed by atoms with Crippen molar-refractivity contribution in [2.24, 2.45) is 5.73 Å². The second-order valence-electron chi connectivity index (χ2n) is 3.05. The van der Waals surface area contributed by atoms with Crippen LogP contribution in [0.1, 0.15) is 19.7 Å². The van der Waals surface area contributed by atoms with Crippen molar-refractivity contribution in [1.29, 1.82) is 0 Å². The lowest BCUT2D eigenvalue weighted by Crippen LogP contribution is -2.35. The molecule has 0 amide bonds. The van der Waals surface area contributed by atoms with Crippen LogP contribution >= 0.6 is 0 Å². The van der Waals surface area contributed by atoms with Gasteiger partial charge >= 0.3 is 5.97 Å². The van der Waals surface area contributed by atoms with Crippen molar-refractivity contribution in [3.8, 4) is 0 Å². The van der Waals surface area contributed by atoms with Crippen molar-refractivity contribution in [3.05, 3.63) is 12.2 Å². The van der Waals surface area contributed by atoms with Gasteiger partial charge in [0, 0.05) is 13.0 Å². The molecule has 1 aromatic heterocycles. The number of nitrogens with zero attached hydrogens (tertiary/aromatic N) is 3. The van der Waals surface area contributed by atoms with Gasteiger partial charge < -0.3 is 10.5 Å². The fourth-order valence-corrected chi connectivity index (χ4v) is 1.24. The highest BCUT2D eigenvalue weighted by molar-refractivity contribution is 5.75. The summed E-state index contributed by atoms with van der Waals surface area (Å²) in [6.45, 7) is 4.76. The third-order valence-corrected chi connectivity index (χ3v) is 1.99. The summed E-state index contributed by atoms with van der Waals surface area (Å²) < 4.78 is 6.51. The first-order valence-corrected chi connectivity index (χ1v) is 4.97. The van der Waals surface area contributed by atoms with Crippen LogP contribution in [0.4, 0.5) is 0 Å². The molecule has 0 saturated heterocycles. The maximum Gasteiger partial charge on any atom is 0.323 e. The van der Waals surface area contributed by atoms with Crippen molar-refractivity contribution in [3.63, 3.8) is 0 Å². The lowest BCUT2D eigenvalue weighted by atomic mass is 10.2. The van der Waals surface area contributed by atoms with Gasteiger partial charge in [0.2, 0.25) is 0 Å². The highest BCUT2D eigenvalue weighted by atomic mass is 16.5. The van der Waals surface area contributed by atoms with Crippen LogP contribution in [-0.2, 0) is 22.5 Å². The molecule has 1 rings (SSSR count). The zero-order valence-corrected chi connectivity index (χ0v) is 9.01. The van der Waals surface area contributed by atoms with E-state index in [1.807, 2.05) is 6.92 Å². The van der Waals surface area contributed by atoms with Crippen molar-refractivity contribution < 1.29 is 9.53 Å². The average Bonchev–Trinajstić information content (AvgIpc) is 2.65. The van der Waals surface area contributed by atoms with Crippen LogP contribution in [-0.4, -0.2) is 33.4 Å². The largest absolute Gasteiger partial charge is 0.465 e. The van der Waals surface area contributed by atoms with Gasteiger partial charge in [-0.3, -0.25) is 9.48 Å². The maximum absolute atomic E-state index is 11.3. The summed E-state index contributed by atoms with van der Waals surface area (Å²) in [4.78, 5) is 15.3. The molecule has 0 aliphatic carbocycles. The smallest absolute Gasteiger partial charge is 0.323 e. The molecule has 84 valence electrons. The Labute approximate surface area is 88.4 Å². The Morgan fingerprint density at radius 2 is 2.40 bits per heavy atom. The molecule has 1 unspecified atom stereocenters. The van der Waals surface area contributed by atoms with Crippen LogP contribution in [0.25, 0.3) is 0 Å². The normalized spacial score (nSPS) is 12.5. The van der Waals surface area contributed by atoms with Gasteiger partial charge in [0.1, 0.15) is 18.2 Å². The predicted molar refractivity (Wildman–Crippen MR) is 54.0 cm³/mol. The Hall–Kier alpha value is -1.43. The fraction of sp³-hybridized carbons (Fsp3) is 0.667. The van der Waals surface area contributed by atoms with E-state index in [0.29, 0.717) is 25.4 Å². The van der Waals surface area contributed by atoms with Crippen LogP contribution in [0, 0.1) is 0 Å². The van der Waals surface area contributed by atoms with Gasteiger partial charge in [-0.1, -0.05) is 0 Å². The number of aryl methyl sites for hydroxylation is 1. The van der Waals surface area contributed by atoms with Crippen molar-refractivity contribution >= 4 is 5.97 Å².